The van der Waals surface area contributed by atoms with Gasteiger partial charge in [0.1, 0.15) is 0 Å². The molecule has 0 aliphatic heterocycles. The number of nitrogens with one attached hydrogen (secondary N) is 1. The third-order valence-electron chi connectivity index (χ3n) is 3.73. The third-order valence-corrected chi connectivity index (χ3v) is 3.73. The van der Waals surface area contributed by atoms with Gasteiger partial charge >= 0.3 is 0 Å². The lowest BCUT2D eigenvalue weighted by Gasteiger charge is -2.24. The molecule has 0 fully saturated rings. The summed E-state index contributed by atoms with van der Waals surface area (Å²) in [7, 11) is 4.14. The fourth-order valence-corrected chi connectivity index (χ4v) is 2.51. The van der Waals surface area contributed by atoms with E-state index in [0.29, 0.717) is 0 Å². The highest BCUT2D eigenvalue weighted by Crippen LogP contribution is 2.32. The van der Waals surface area contributed by atoms with Crippen LogP contribution >= 0.6 is 0 Å². The van der Waals surface area contributed by atoms with Crippen molar-refractivity contribution in [3.8, 4) is 0 Å². The number of aromatic nitrogens is 1. The first-order chi connectivity index (χ1) is 7.86. The number of nitrogens with zero attached hydrogens (tertiary/aromatic N) is 1. The molecule has 1 aromatic carbocycles. The average Bonchev–Trinajstić information content (AvgIpc) is 2.57. The molecule has 0 unspecified atom stereocenters. The smallest absolute Gasteiger partial charge is 0.0486 e. The number of fused-ring (bicyclic) bond motifs is 1. The summed E-state index contributed by atoms with van der Waals surface area (Å²) < 4.78 is 2.23. The number of hydrogen-bond acceptors (Lipinski definition) is 1. The minimum absolute atomic E-state index is 0.000468. The Morgan fingerprint density at radius 1 is 1.18 bits per heavy atom. The van der Waals surface area contributed by atoms with E-state index in [0.717, 1.165) is 0 Å². The van der Waals surface area contributed by atoms with Crippen LogP contribution in [0.3, 0.4) is 0 Å². The third kappa shape index (κ3) is 1.87. The molecule has 2 aromatic rings. The van der Waals surface area contributed by atoms with Gasteiger partial charge < -0.3 is 9.88 Å². The van der Waals surface area contributed by atoms with Gasteiger partial charge in [0.2, 0.25) is 0 Å². The fourth-order valence-electron chi connectivity index (χ4n) is 2.51. The van der Waals surface area contributed by atoms with Gasteiger partial charge in [-0.2, -0.15) is 0 Å². The average molecular weight is 230 g/mol. The molecular formula is C15H22N2. The predicted octanol–water partition coefficient (Wildman–Crippen LogP) is 3.25. The SMILES string of the molecule is CNC(C)(C)c1cn(C)c2cc(C)cc(C)c12. The predicted molar refractivity (Wildman–Crippen MR) is 74.5 cm³/mol. The molecule has 0 bridgehead atoms. The lowest BCUT2D eigenvalue weighted by molar-refractivity contribution is 0.447. The van der Waals surface area contributed by atoms with Gasteiger partial charge in [-0.05, 0) is 57.5 Å². The molecule has 1 aromatic heterocycles. The second kappa shape index (κ2) is 3.88. The number of rotatable bonds is 2. The summed E-state index contributed by atoms with van der Waals surface area (Å²) in [4.78, 5) is 0. The van der Waals surface area contributed by atoms with Crippen molar-refractivity contribution in [1.29, 1.82) is 0 Å². The van der Waals surface area contributed by atoms with Crippen molar-refractivity contribution in [2.24, 2.45) is 7.05 Å². The van der Waals surface area contributed by atoms with Crippen molar-refractivity contribution >= 4 is 10.9 Å². The molecule has 2 rings (SSSR count). The van der Waals surface area contributed by atoms with Crippen LogP contribution < -0.4 is 5.32 Å². The highest BCUT2D eigenvalue weighted by molar-refractivity contribution is 5.88. The Balaban J connectivity index is 2.84. The summed E-state index contributed by atoms with van der Waals surface area (Å²) in [6.45, 7) is 8.80. The van der Waals surface area contributed by atoms with Crippen LogP contribution in [-0.2, 0) is 12.6 Å². The second-order valence-corrected chi connectivity index (χ2v) is 5.50. The van der Waals surface area contributed by atoms with Gasteiger partial charge in [0.15, 0.2) is 0 Å². The maximum Gasteiger partial charge on any atom is 0.0486 e. The van der Waals surface area contributed by atoms with Crippen molar-refractivity contribution < 1.29 is 0 Å². The zero-order chi connectivity index (χ0) is 12.8. The summed E-state index contributed by atoms with van der Waals surface area (Å²) in [6.07, 6.45) is 2.24. The molecule has 17 heavy (non-hydrogen) atoms. The van der Waals surface area contributed by atoms with E-state index in [1.165, 1.54) is 27.6 Å². The van der Waals surface area contributed by atoms with Crippen LogP contribution in [0.25, 0.3) is 10.9 Å². The van der Waals surface area contributed by atoms with Crippen molar-refractivity contribution in [3.05, 3.63) is 35.0 Å². The first-order valence-electron chi connectivity index (χ1n) is 6.12. The molecule has 2 heteroatoms. The minimum Gasteiger partial charge on any atom is -0.350 e. The second-order valence-electron chi connectivity index (χ2n) is 5.50. The van der Waals surface area contributed by atoms with E-state index in [2.05, 4.69) is 63.0 Å². The Morgan fingerprint density at radius 3 is 2.41 bits per heavy atom. The molecule has 0 aliphatic rings. The van der Waals surface area contributed by atoms with Gasteiger partial charge in [0.25, 0.3) is 0 Å². The Bertz CT molecular complexity index is 562. The molecule has 0 radical (unpaired) electrons. The van der Waals surface area contributed by atoms with E-state index >= 15 is 0 Å². The molecule has 1 heterocycles. The van der Waals surface area contributed by atoms with E-state index in [9.17, 15) is 0 Å². The topological polar surface area (TPSA) is 17.0 Å². The summed E-state index contributed by atoms with van der Waals surface area (Å²) in [5, 5.41) is 4.78. The Hall–Kier alpha value is -1.28. The first kappa shape index (κ1) is 12.2. The molecule has 0 saturated carbocycles. The fraction of sp³-hybridized carbons (Fsp3) is 0.467. The summed E-state index contributed by atoms with van der Waals surface area (Å²) in [6, 6.07) is 4.52. The summed E-state index contributed by atoms with van der Waals surface area (Å²) in [5.41, 5.74) is 5.37. The first-order valence-corrected chi connectivity index (χ1v) is 6.12. The number of aryl methyl sites for hydroxylation is 3. The van der Waals surface area contributed by atoms with Crippen LogP contribution in [-0.4, -0.2) is 11.6 Å². The van der Waals surface area contributed by atoms with Gasteiger partial charge in [0.05, 0.1) is 0 Å². The van der Waals surface area contributed by atoms with Crippen molar-refractivity contribution in [2.45, 2.75) is 33.2 Å². The van der Waals surface area contributed by atoms with Crippen molar-refractivity contribution in [3.63, 3.8) is 0 Å². The normalized spacial score (nSPS) is 12.4. The van der Waals surface area contributed by atoms with Gasteiger partial charge in [-0.25, -0.2) is 0 Å². The minimum atomic E-state index is -0.000468. The van der Waals surface area contributed by atoms with E-state index in [1.54, 1.807) is 0 Å². The molecule has 0 spiro atoms. The zero-order valence-electron chi connectivity index (χ0n) is 11.7. The molecule has 0 aliphatic carbocycles. The Kier molecular flexibility index (Phi) is 2.78. The van der Waals surface area contributed by atoms with Crippen LogP contribution in [0.5, 0.6) is 0 Å². The van der Waals surface area contributed by atoms with Crippen molar-refractivity contribution in [2.75, 3.05) is 7.05 Å². The van der Waals surface area contributed by atoms with E-state index < -0.39 is 0 Å². The van der Waals surface area contributed by atoms with Gasteiger partial charge in [-0.1, -0.05) is 6.07 Å². The van der Waals surface area contributed by atoms with Crippen molar-refractivity contribution in [1.82, 2.24) is 9.88 Å². The van der Waals surface area contributed by atoms with Crippen LogP contribution in [0, 0.1) is 13.8 Å². The highest BCUT2D eigenvalue weighted by Gasteiger charge is 2.23. The molecule has 0 amide bonds. The van der Waals surface area contributed by atoms with Gasteiger partial charge in [0, 0.05) is 29.7 Å². The van der Waals surface area contributed by atoms with E-state index in [1.807, 2.05) is 7.05 Å². The van der Waals surface area contributed by atoms with Gasteiger partial charge in [-0.15, -0.1) is 0 Å². The van der Waals surface area contributed by atoms with Crippen LogP contribution in [0.1, 0.15) is 30.5 Å². The lowest BCUT2D eigenvalue weighted by atomic mass is 9.92. The molecule has 0 saturated heterocycles. The zero-order valence-corrected chi connectivity index (χ0v) is 11.7. The monoisotopic (exact) mass is 230 g/mol. The molecule has 0 atom stereocenters. The molecule has 2 nitrogen and oxygen atoms in total. The number of benzene rings is 1. The standard InChI is InChI=1S/C15H22N2/c1-10-7-11(2)14-12(15(3,4)16-5)9-17(6)13(14)8-10/h7-9,16H,1-6H3. The van der Waals surface area contributed by atoms with Gasteiger partial charge in [-0.3, -0.25) is 0 Å². The maximum atomic E-state index is 3.39. The highest BCUT2D eigenvalue weighted by atomic mass is 15.0. The Morgan fingerprint density at radius 2 is 1.82 bits per heavy atom. The molecular weight excluding hydrogens is 208 g/mol. The summed E-state index contributed by atoms with van der Waals surface area (Å²) >= 11 is 0. The van der Waals surface area contributed by atoms with E-state index in [4.69, 9.17) is 0 Å². The molecule has 92 valence electrons. The molecule has 1 N–H and O–H groups in total. The van der Waals surface area contributed by atoms with Crippen LogP contribution in [0.2, 0.25) is 0 Å². The van der Waals surface area contributed by atoms with Crippen LogP contribution in [0.15, 0.2) is 18.3 Å². The van der Waals surface area contributed by atoms with E-state index in [-0.39, 0.29) is 5.54 Å². The number of hydrogen-bond donors (Lipinski definition) is 1. The lowest BCUT2D eigenvalue weighted by Crippen LogP contribution is -2.33. The Labute approximate surface area is 104 Å². The van der Waals surface area contributed by atoms with Crippen LogP contribution in [0.4, 0.5) is 0 Å². The summed E-state index contributed by atoms with van der Waals surface area (Å²) in [5.74, 6) is 0. The largest absolute Gasteiger partial charge is 0.350 e. The quantitative estimate of drug-likeness (QED) is 0.838. The maximum absolute atomic E-state index is 3.39.